The Morgan fingerprint density at radius 3 is 2.95 bits per heavy atom. The highest BCUT2D eigenvalue weighted by Gasteiger charge is 2.18. The molecule has 0 aromatic carbocycles. The molecule has 0 aliphatic heterocycles. The number of hydrogen-bond acceptors (Lipinski definition) is 7. The van der Waals surface area contributed by atoms with E-state index in [2.05, 4.69) is 22.4 Å². The Morgan fingerprint density at radius 2 is 2.30 bits per heavy atom. The molecule has 9 heteroatoms. The number of amides is 1. The Labute approximate surface area is 118 Å². The minimum Gasteiger partial charge on any atom is -0.395 e. The van der Waals surface area contributed by atoms with E-state index in [0.717, 1.165) is 30.3 Å². The zero-order valence-electron chi connectivity index (χ0n) is 10.7. The summed E-state index contributed by atoms with van der Waals surface area (Å²) in [6, 6.07) is 2.37. The van der Waals surface area contributed by atoms with Crippen molar-refractivity contribution in [2.45, 2.75) is 26.2 Å². The van der Waals surface area contributed by atoms with Gasteiger partial charge in [0, 0.05) is 6.42 Å². The molecule has 0 unspecified atom stereocenters. The Morgan fingerprint density at radius 1 is 1.50 bits per heavy atom. The maximum Gasteiger partial charge on any atom is 0.433 e. The van der Waals surface area contributed by atoms with E-state index < -0.39 is 16.7 Å². The van der Waals surface area contributed by atoms with Crippen LogP contribution in [0.15, 0.2) is 16.5 Å². The summed E-state index contributed by atoms with van der Waals surface area (Å²) in [5.74, 6) is -1.20. The smallest absolute Gasteiger partial charge is 0.395 e. The number of rotatable bonds is 6. The van der Waals surface area contributed by atoms with E-state index in [0.29, 0.717) is 5.13 Å². The summed E-state index contributed by atoms with van der Waals surface area (Å²) in [6.45, 7) is 2.08. The number of anilines is 1. The predicted octanol–water partition coefficient (Wildman–Crippen LogP) is 2.63. The third-order valence-electron chi connectivity index (χ3n) is 2.43. The molecule has 2 rings (SSSR count). The average molecular weight is 296 g/mol. The van der Waals surface area contributed by atoms with E-state index in [4.69, 9.17) is 4.42 Å². The summed E-state index contributed by atoms with van der Waals surface area (Å²) in [6.07, 6.45) is 2.88. The van der Waals surface area contributed by atoms with E-state index in [9.17, 15) is 14.9 Å². The zero-order chi connectivity index (χ0) is 14.5. The molecule has 2 heterocycles. The van der Waals surface area contributed by atoms with Crippen molar-refractivity contribution in [3.05, 3.63) is 33.0 Å². The number of carbonyl (C=O) groups excluding carboxylic acids is 1. The summed E-state index contributed by atoms with van der Waals surface area (Å²) in [5.41, 5.74) is 0. The van der Waals surface area contributed by atoms with Gasteiger partial charge in [-0.15, -0.1) is 10.2 Å². The van der Waals surface area contributed by atoms with Gasteiger partial charge in [0.05, 0.1) is 6.07 Å². The molecule has 1 N–H and O–H groups in total. The Hall–Kier alpha value is -2.29. The normalized spacial score (nSPS) is 10.4. The van der Waals surface area contributed by atoms with Gasteiger partial charge in [0.15, 0.2) is 5.76 Å². The summed E-state index contributed by atoms with van der Waals surface area (Å²) < 4.78 is 4.80. The number of aryl methyl sites for hydroxylation is 1. The fourth-order valence-corrected chi connectivity index (χ4v) is 2.22. The molecule has 1 amide bonds. The highest BCUT2D eigenvalue weighted by molar-refractivity contribution is 7.15. The van der Waals surface area contributed by atoms with Crippen LogP contribution in [0, 0.1) is 10.1 Å². The lowest BCUT2D eigenvalue weighted by Crippen LogP contribution is -2.10. The number of nitrogens with one attached hydrogen (secondary N) is 1. The van der Waals surface area contributed by atoms with Crippen LogP contribution in [0.2, 0.25) is 0 Å². The lowest BCUT2D eigenvalue weighted by Gasteiger charge is -1.95. The van der Waals surface area contributed by atoms with Crippen LogP contribution >= 0.6 is 11.3 Å². The Kier molecular flexibility index (Phi) is 4.41. The largest absolute Gasteiger partial charge is 0.433 e. The van der Waals surface area contributed by atoms with Crippen LogP contribution in [0.4, 0.5) is 11.0 Å². The van der Waals surface area contributed by atoms with Crippen LogP contribution in [0.5, 0.6) is 0 Å². The first-order valence-electron chi connectivity index (χ1n) is 5.98. The highest BCUT2D eigenvalue weighted by atomic mass is 32.1. The number of furan rings is 1. The number of nitro groups is 1. The van der Waals surface area contributed by atoms with Gasteiger partial charge in [0.25, 0.3) is 5.91 Å². The second kappa shape index (κ2) is 6.24. The molecule has 0 saturated heterocycles. The van der Waals surface area contributed by atoms with Crippen molar-refractivity contribution in [3.8, 4) is 0 Å². The van der Waals surface area contributed by atoms with Crippen molar-refractivity contribution in [2.24, 2.45) is 0 Å². The molecule has 0 aliphatic carbocycles. The molecule has 0 radical (unpaired) electrons. The molecule has 0 spiro atoms. The number of unbranched alkanes of at least 4 members (excludes halogenated alkanes) is 1. The highest BCUT2D eigenvalue weighted by Crippen LogP contribution is 2.20. The molecule has 20 heavy (non-hydrogen) atoms. The Bertz CT molecular complexity index is 621. The molecule has 106 valence electrons. The van der Waals surface area contributed by atoms with E-state index in [1.165, 1.54) is 17.4 Å². The standard InChI is InChI=1S/C11H12N4O4S/c1-2-3-4-8-13-14-11(20-8)12-10(16)7-5-6-9(19-7)15(17)18/h5-6H,2-4H2,1H3,(H,12,14,16). The maximum atomic E-state index is 11.8. The number of carbonyl (C=O) groups is 1. The quantitative estimate of drug-likeness (QED) is 0.648. The second-order valence-electron chi connectivity index (χ2n) is 3.95. The first kappa shape index (κ1) is 14.1. The fraction of sp³-hybridized carbons (Fsp3) is 0.364. The molecule has 8 nitrogen and oxygen atoms in total. The lowest BCUT2D eigenvalue weighted by atomic mass is 10.3. The molecule has 0 atom stereocenters. The molecular weight excluding hydrogens is 284 g/mol. The van der Waals surface area contributed by atoms with Gasteiger partial charge >= 0.3 is 5.88 Å². The van der Waals surface area contributed by atoms with Crippen molar-refractivity contribution < 1.29 is 14.1 Å². The maximum absolute atomic E-state index is 11.8. The first-order valence-corrected chi connectivity index (χ1v) is 6.79. The van der Waals surface area contributed by atoms with E-state index >= 15 is 0 Å². The van der Waals surface area contributed by atoms with Gasteiger partial charge in [-0.25, -0.2) is 0 Å². The predicted molar refractivity (Wildman–Crippen MR) is 71.8 cm³/mol. The molecule has 0 saturated carbocycles. The summed E-state index contributed by atoms with van der Waals surface area (Å²) in [5, 5.41) is 21.9. The molecule has 0 aliphatic rings. The second-order valence-corrected chi connectivity index (χ2v) is 5.02. The van der Waals surface area contributed by atoms with E-state index in [-0.39, 0.29) is 5.76 Å². The summed E-state index contributed by atoms with van der Waals surface area (Å²) in [7, 11) is 0. The van der Waals surface area contributed by atoms with Gasteiger partial charge in [-0.2, -0.15) is 0 Å². The fourth-order valence-electron chi connectivity index (χ4n) is 1.44. The summed E-state index contributed by atoms with van der Waals surface area (Å²) >= 11 is 1.28. The van der Waals surface area contributed by atoms with E-state index in [1.807, 2.05) is 0 Å². The lowest BCUT2D eigenvalue weighted by molar-refractivity contribution is -0.402. The number of aromatic nitrogens is 2. The molecule has 0 fully saturated rings. The van der Waals surface area contributed by atoms with Crippen LogP contribution in [0.3, 0.4) is 0 Å². The van der Waals surface area contributed by atoms with E-state index in [1.54, 1.807) is 0 Å². The molecule has 2 aromatic heterocycles. The zero-order valence-corrected chi connectivity index (χ0v) is 11.5. The van der Waals surface area contributed by atoms with Crippen LogP contribution in [0.1, 0.15) is 35.3 Å². The topological polar surface area (TPSA) is 111 Å². The minimum absolute atomic E-state index is 0.137. The minimum atomic E-state index is -0.704. The first-order chi connectivity index (χ1) is 9.60. The van der Waals surface area contributed by atoms with Gasteiger partial charge in [-0.1, -0.05) is 24.7 Å². The van der Waals surface area contributed by atoms with Crippen LogP contribution in [-0.2, 0) is 6.42 Å². The molecular formula is C11H12N4O4S. The van der Waals surface area contributed by atoms with Crippen molar-refractivity contribution in [1.29, 1.82) is 0 Å². The third kappa shape index (κ3) is 3.38. The van der Waals surface area contributed by atoms with Gasteiger partial charge in [-0.3, -0.25) is 20.2 Å². The van der Waals surface area contributed by atoms with Crippen LogP contribution in [0.25, 0.3) is 0 Å². The van der Waals surface area contributed by atoms with Crippen molar-refractivity contribution >= 4 is 28.3 Å². The van der Waals surface area contributed by atoms with Crippen molar-refractivity contribution in [2.75, 3.05) is 5.32 Å². The van der Waals surface area contributed by atoms with Crippen LogP contribution in [-0.4, -0.2) is 21.0 Å². The number of hydrogen-bond donors (Lipinski definition) is 1. The van der Waals surface area contributed by atoms with Gasteiger partial charge < -0.3 is 4.42 Å². The third-order valence-corrected chi connectivity index (χ3v) is 3.33. The molecule has 2 aromatic rings. The van der Waals surface area contributed by atoms with Crippen molar-refractivity contribution in [1.82, 2.24) is 10.2 Å². The van der Waals surface area contributed by atoms with Crippen LogP contribution < -0.4 is 5.32 Å². The van der Waals surface area contributed by atoms with Gasteiger partial charge in [-0.05, 0) is 12.5 Å². The van der Waals surface area contributed by atoms with Gasteiger partial charge in [0.1, 0.15) is 9.93 Å². The van der Waals surface area contributed by atoms with Crippen molar-refractivity contribution in [3.63, 3.8) is 0 Å². The van der Waals surface area contributed by atoms with Gasteiger partial charge in [0.2, 0.25) is 5.13 Å². The Balaban J connectivity index is 1.99. The summed E-state index contributed by atoms with van der Waals surface area (Å²) in [4.78, 5) is 21.5. The SMILES string of the molecule is CCCCc1nnc(NC(=O)c2ccc([N+](=O)[O-])o2)s1. The number of nitrogens with zero attached hydrogens (tertiary/aromatic N) is 3. The molecule has 0 bridgehead atoms. The monoisotopic (exact) mass is 296 g/mol. The average Bonchev–Trinajstić information content (AvgIpc) is 3.05.